The Morgan fingerprint density at radius 1 is 1.03 bits per heavy atom. The maximum atomic E-state index is 13.9. The van der Waals surface area contributed by atoms with Crippen molar-refractivity contribution in [1.29, 1.82) is 0 Å². The van der Waals surface area contributed by atoms with E-state index in [0.29, 0.717) is 50.0 Å². The molecule has 0 bridgehead atoms. The number of anilines is 1. The third kappa shape index (κ3) is 3.21. The number of imidazole rings is 1. The molecule has 0 fully saturated rings. The van der Waals surface area contributed by atoms with Crippen LogP contribution in [-0.2, 0) is 0 Å². The van der Waals surface area contributed by atoms with Crippen LogP contribution >= 0.6 is 11.6 Å². The van der Waals surface area contributed by atoms with Crippen LogP contribution in [0.2, 0.25) is 5.02 Å². The van der Waals surface area contributed by atoms with Crippen molar-refractivity contribution in [3.8, 4) is 11.3 Å². The highest BCUT2D eigenvalue weighted by Crippen LogP contribution is 2.32. The van der Waals surface area contributed by atoms with Crippen molar-refractivity contribution in [2.45, 2.75) is 13.0 Å². The summed E-state index contributed by atoms with van der Waals surface area (Å²) in [7, 11) is 0. The van der Waals surface area contributed by atoms with Crippen LogP contribution in [0.25, 0.3) is 33.5 Å². The van der Waals surface area contributed by atoms with Crippen LogP contribution in [0, 0.1) is 5.82 Å². The first kappa shape index (κ1) is 18.4. The van der Waals surface area contributed by atoms with Gasteiger partial charge >= 0.3 is 0 Å². The van der Waals surface area contributed by atoms with E-state index in [1.165, 1.54) is 18.5 Å². The highest BCUT2D eigenvalue weighted by atomic mass is 35.5. The van der Waals surface area contributed by atoms with E-state index in [2.05, 4.69) is 25.3 Å². The summed E-state index contributed by atoms with van der Waals surface area (Å²) in [4.78, 5) is 25.2. The Hall–Kier alpha value is -3.65. The van der Waals surface area contributed by atoms with Crippen molar-refractivity contribution in [1.82, 2.24) is 29.9 Å². The zero-order valence-electron chi connectivity index (χ0n) is 15.8. The van der Waals surface area contributed by atoms with Gasteiger partial charge < -0.3 is 10.3 Å². The second-order valence-corrected chi connectivity index (χ2v) is 7.17. The zero-order chi connectivity index (χ0) is 20.7. The summed E-state index contributed by atoms with van der Waals surface area (Å²) in [6.45, 7) is 1.93. The van der Waals surface area contributed by atoms with E-state index in [1.54, 1.807) is 24.5 Å². The molecule has 0 radical (unpaired) electrons. The predicted octanol–water partition coefficient (Wildman–Crippen LogP) is 4.93. The summed E-state index contributed by atoms with van der Waals surface area (Å²) in [5.74, 6) is 0.209. The molecule has 148 valence electrons. The lowest BCUT2D eigenvalue weighted by Crippen LogP contribution is -2.13. The van der Waals surface area contributed by atoms with E-state index in [-0.39, 0.29) is 11.9 Å². The Labute approximate surface area is 175 Å². The van der Waals surface area contributed by atoms with Gasteiger partial charge in [0.1, 0.15) is 23.2 Å². The molecule has 1 atom stereocenters. The lowest BCUT2D eigenvalue weighted by Gasteiger charge is -2.18. The molecule has 5 aromatic rings. The molecular formula is C21H15ClFN7. The van der Waals surface area contributed by atoms with Crippen molar-refractivity contribution in [3.05, 3.63) is 71.7 Å². The number of nitrogens with zero attached hydrogens (tertiary/aromatic N) is 5. The van der Waals surface area contributed by atoms with Gasteiger partial charge in [0, 0.05) is 5.56 Å². The van der Waals surface area contributed by atoms with E-state index in [0.717, 1.165) is 0 Å². The van der Waals surface area contributed by atoms with E-state index in [4.69, 9.17) is 21.6 Å². The van der Waals surface area contributed by atoms with Gasteiger partial charge in [-0.1, -0.05) is 29.8 Å². The molecule has 5 rings (SSSR count). The van der Waals surface area contributed by atoms with E-state index in [1.807, 2.05) is 19.1 Å². The van der Waals surface area contributed by atoms with Crippen LogP contribution in [-0.4, -0.2) is 29.9 Å². The van der Waals surface area contributed by atoms with Gasteiger partial charge in [0.25, 0.3) is 0 Å². The summed E-state index contributed by atoms with van der Waals surface area (Å²) < 4.78 is 13.9. The zero-order valence-corrected chi connectivity index (χ0v) is 16.5. The van der Waals surface area contributed by atoms with Gasteiger partial charge in [-0.15, -0.1) is 0 Å². The summed E-state index contributed by atoms with van der Waals surface area (Å²) in [6.07, 6.45) is 3.01. The Balaban J connectivity index is 1.66. The van der Waals surface area contributed by atoms with Gasteiger partial charge in [-0.3, -0.25) is 0 Å². The summed E-state index contributed by atoms with van der Waals surface area (Å²) in [6, 6.07) is 11.4. The van der Waals surface area contributed by atoms with E-state index in [9.17, 15) is 4.39 Å². The number of halogens is 2. The first-order chi connectivity index (χ1) is 14.6. The molecule has 2 aromatic carbocycles. The maximum Gasteiger partial charge on any atom is 0.162 e. The number of para-hydroxylation sites is 1. The first-order valence-corrected chi connectivity index (χ1v) is 9.60. The monoisotopic (exact) mass is 419 g/mol. The number of aromatic amines is 1. The van der Waals surface area contributed by atoms with Gasteiger partial charge in [-0.2, -0.15) is 0 Å². The smallest absolute Gasteiger partial charge is 0.162 e. The minimum atomic E-state index is -0.353. The van der Waals surface area contributed by atoms with Gasteiger partial charge in [0.05, 0.1) is 34.3 Å². The van der Waals surface area contributed by atoms with Crippen LogP contribution in [0.5, 0.6) is 0 Å². The number of aromatic nitrogens is 6. The van der Waals surface area contributed by atoms with Crippen LogP contribution < -0.4 is 5.32 Å². The molecule has 0 aliphatic heterocycles. The molecule has 3 aromatic heterocycles. The van der Waals surface area contributed by atoms with Crippen LogP contribution in [0.15, 0.2) is 55.1 Å². The van der Waals surface area contributed by atoms with Crippen LogP contribution in [0.1, 0.15) is 18.7 Å². The van der Waals surface area contributed by atoms with E-state index >= 15 is 0 Å². The molecular weight excluding hydrogens is 405 g/mol. The molecule has 0 unspecified atom stereocenters. The molecule has 2 N–H and O–H groups in total. The molecule has 0 saturated carbocycles. The average Bonchev–Trinajstić information content (AvgIpc) is 3.23. The molecule has 7 nitrogen and oxygen atoms in total. The number of hydrogen-bond acceptors (Lipinski definition) is 6. The van der Waals surface area contributed by atoms with Crippen molar-refractivity contribution in [2.75, 3.05) is 5.32 Å². The molecule has 3 heterocycles. The molecule has 0 spiro atoms. The van der Waals surface area contributed by atoms with Gasteiger partial charge in [0.15, 0.2) is 11.5 Å². The van der Waals surface area contributed by atoms with Gasteiger partial charge in [0.2, 0.25) is 0 Å². The fourth-order valence-corrected chi connectivity index (χ4v) is 3.56. The number of H-pyrrole nitrogens is 1. The van der Waals surface area contributed by atoms with Crippen molar-refractivity contribution in [2.24, 2.45) is 0 Å². The van der Waals surface area contributed by atoms with Crippen LogP contribution in [0.3, 0.4) is 0 Å². The summed E-state index contributed by atoms with van der Waals surface area (Å²) in [5, 5.41) is 3.81. The number of benzene rings is 2. The summed E-state index contributed by atoms with van der Waals surface area (Å²) >= 11 is 6.34. The lowest BCUT2D eigenvalue weighted by atomic mass is 10.0. The molecule has 0 aliphatic carbocycles. The first-order valence-electron chi connectivity index (χ1n) is 9.23. The van der Waals surface area contributed by atoms with Crippen molar-refractivity contribution >= 4 is 39.6 Å². The third-order valence-corrected chi connectivity index (χ3v) is 5.06. The topological polar surface area (TPSA) is 92.3 Å². The molecule has 30 heavy (non-hydrogen) atoms. The molecule has 0 amide bonds. The summed E-state index contributed by atoms with van der Waals surface area (Å²) in [5.41, 5.74) is 4.25. The Morgan fingerprint density at radius 2 is 1.90 bits per heavy atom. The SMILES string of the molecule is C[C@H](Nc1ncnc2[nH]cnc12)c1nc2cccc(Cl)c2nc1-c1cccc(F)c1. The fraction of sp³-hybridized carbons (Fsp3) is 0.0952. The predicted molar refractivity (Wildman–Crippen MR) is 114 cm³/mol. The number of nitrogens with one attached hydrogen (secondary N) is 2. The van der Waals surface area contributed by atoms with Crippen LogP contribution in [0.4, 0.5) is 10.2 Å². The average molecular weight is 420 g/mol. The molecule has 0 aliphatic rings. The van der Waals surface area contributed by atoms with E-state index < -0.39 is 0 Å². The minimum Gasteiger partial charge on any atom is -0.360 e. The highest BCUT2D eigenvalue weighted by Gasteiger charge is 2.20. The lowest BCUT2D eigenvalue weighted by molar-refractivity contribution is 0.628. The Bertz CT molecular complexity index is 1380. The van der Waals surface area contributed by atoms with Gasteiger partial charge in [-0.05, 0) is 31.2 Å². The maximum absolute atomic E-state index is 13.9. The number of rotatable bonds is 4. The fourth-order valence-electron chi connectivity index (χ4n) is 3.35. The standard InChI is InChI=1S/C21H15ClFN7/c1-11(28-21-19-20(25-9-24-19)26-10-27-21)16-17(12-4-2-5-13(23)8-12)30-18-14(22)6-3-7-15(18)29-16/h2-11H,1H3,(H2,24,25,26,27,28)/t11-/m0/s1. The second kappa shape index (κ2) is 7.31. The largest absolute Gasteiger partial charge is 0.360 e. The number of hydrogen-bond donors (Lipinski definition) is 2. The quantitative estimate of drug-likeness (QED) is 0.429. The van der Waals surface area contributed by atoms with Crippen molar-refractivity contribution in [3.63, 3.8) is 0 Å². The highest BCUT2D eigenvalue weighted by molar-refractivity contribution is 6.34. The third-order valence-electron chi connectivity index (χ3n) is 4.75. The molecule has 0 saturated heterocycles. The number of fused-ring (bicyclic) bond motifs is 2. The normalized spacial score (nSPS) is 12.4. The van der Waals surface area contributed by atoms with Gasteiger partial charge in [-0.25, -0.2) is 29.3 Å². The minimum absolute atomic E-state index is 0.311. The Morgan fingerprint density at radius 3 is 2.77 bits per heavy atom. The molecule has 9 heteroatoms. The second-order valence-electron chi connectivity index (χ2n) is 6.76. The van der Waals surface area contributed by atoms with Crippen molar-refractivity contribution < 1.29 is 4.39 Å². The Kier molecular flexibility index (Phi) is 4.48.